The van der Waals surface area contributed by atoms with Crippen LogP contribution in [-0.4, -0.2) is 35.7 Å². The molecule has 1 unspecified atom stereocenters. The molecule has 1 rings (SSSR count). The van der Waals surface area contributed by atoms with Crippen molar-refractivity contribution in [2.45, 2.75) is 58.6 Å². The summed E-state index contributed by atoms with van der Waals surface area (Å²) in [5, 5.41) is 11.3. The second-order valence-electron chi connectivity index (χ2n) is 5.79. The van der Waals surface area contributed by atoms with E-state index in [-0.39, 0.29) is 18.6 Å². The molecule has 1 amide bonds. The Balaban J connectivity index is 2.35. The Morgan fingerprint density at radius 3 is 2.39 bits per heavy atom. The lowest BCUT2D eigenvalue weighted by atomic mass is 9.76. The molecule has 0 aliphatic heterocycles. The van der Waals surface area contributed by atoms with E-state index in [1.807, 2.05) is 0 Å². The monoisotopic (exact) mass is 257 g/mol. The number of hydrogen-bond acceptors (Lipinski definition) is 3. The Morgan fingerprint density at radius 1 is 1.39 bits per heavy atom. The number of carboxylic acid groups (broad SMARTS) is 1. The minimum atomic E-state index is -1.05. The van der Waals surface area contributed by atoms with Crippen molar-refractivity contribution in [3.8, 4) is 0 Å². The highest BCUT2D eigenvalue weighted by molar-refractivity contribution is 5.82. The fraction of sp³-hybridized carbons (Fsp3) is 0.846. The summed E-state index contributed by atoms with van der Waals surface area (Å²) >= 11 is 0. The van der Waals surface area contributed by atoms with Gasteiger partial charge in [-0.15, -0.1) is 0 Å². The highest BCUT2D eigenvalue weighted by Crippen LogP contribution is 2.36. The van der Waals surface area contributed by atoms with Crippen molar-refractivity contribution < 1.29 is 19.4 Å². The summed E-state index contributed by atoms with van der Waals surface area (Å²) < 4.78 is 5.61. The van der Waals surface area contributed by atoms with Gasteiger partial charge in [-0.05, 0) is 31.1 Å². The fourth-order valence-corrected chi connectivity index (χ4v) is 2.19. The van der Waals surface area contributed by atoms with Crippen molar-refractivity contribution in [3.63, 3.8) is 0 Å². The van der Waals surface area contributed by atoms with Crippen molar-refractivity contribution in [2.24, 2.45) is 5.41 Å². The number of amides is 1. The molecule has 0 aromatic carbocycles. The number of carbonyl (C=O) groups is 2. The van der Waals surface area contributed by atoms with Crippen molar-refractivity contribution >= 4 is 11.9 Å². The van der Waals surface area contributed by atoms with Crippen LogP contribution in [0.2, 0.25) is 0 Å². The lowest BCUT2D eigenvalue weighted by molar-refractivity contribution is -0.144. The number of carbonyl (C=O) groups excluding carboxylic acids is 1. The van der Waals surface area contributed by atoms with E-state index >= 15 is 0 Å². The van der Waals surface area contributed by atoms with Crippen molar-refractivity contribution in [1.82, 2.24) is 5.32 Å². The second-order valence-corrected chi connectivity index (χ2v) is 5.79. The van der Waals surface area contributed by atoms with Gasteiger partial charge in [0.2, 0.25) is 5.91 Å². The van der Waals surface area contributed by atoms with Crippen LogP contribution >= 0.6 is 0 Å². The van der Waals surface area contributed by atoms with Crippen LogP contribution in [0.4, 0.5) is 0 Å². The van der Waals surface area contributed by atoms with Gasteiger partial charge in [0.25, 0.3) is 0 Å². The third kappa shape index (κ3) is 5.04. The zero-order chi connectivity index (χ0) is 13.8. The maximum Gasteiger partial charge on any atom is 0.328 e. The van der Waals surface area contributed by atoms with Crippen molar-refractivity contribution in [1.29, 1.82) is 0 Å². The lowest BCUT2D eigenvalue weighted by Crippen LogP contribution is -2.44. The van der Waals surface area contributed by atoms with Gasteiger partial charge in [0.15, 0.2) is 6.04 Å². The van der Waals surface area contributed by atoms with E-state index in [0.717, 1.165) is 25.7 Å². The molecule has 0 spiro atoms. The summed E-state index contributed by atoms with van der Waals surface area (Å²) in [6.07, 6.45) is 4.22. The summed E-state index contributed by atoms with van der Waals surface area (Å²) in [4.78, 5) is 21.8. The maximum atomic E-state index is 10.9. The molecule has 18 heavy (non-hydrogen) atoms. The first-order valence-corrected chi connectivity index (χ1v) is 6.42. The predicted molar refractivity (Wildman–Crippen MR) is 67.2 cm³/mol. The molecule has 0 aromatic heterocycles. The Kier molecular flexibility index (Phi) is 5.14. The number of nitrogens with one attached hydrogen (secondary N) is 1. The molecule has 1 aliphatic rings. The normalized spacial score (nSPS) is 21.3. The first kappa shape index (κ1) is 15.0. The first-order chi connectivity index (χ1) is 8.30. The average molecular weight is 257 g/mol. The van der Waals surface area contributed by atoms with Gasteiger partial charge < -0.3 is 15.2 Å². The molecule has 1 aliphatic carbocycles. The van der Waals surface area contributed by atoms with Gasteiger partial charge in [-0.1, -0.05) is 13.8 Å². The molecule has 0 aromatic rings. The number of carboxylic acids is 1. The largest absolute Gasteiger partial charge is 0.480 e. The molecule has 1 saturated carbocycles. The van der Waals surface area contributed by atoms with Gasteiger partial charge in [0, 0.05) is 6.92 Å². The molecular weight excluding hydrogens is 234 g/mol. The van der Waals surface area contributed by atoms with E-state index in [9.17, 15) is 9.59 Å². The number of rotatable bonds is 5. The Hall–Kier alpha value is -1.10. The summed E-state index contributed by atoms with van der Waals surface area (Å²) in [5.41, 5.74) is 0.365. The van der Waals surface area contributed by atoms with Crippen LogP contribution in [-0.2, 0) is 14.3 Å². The minimum Gasteiger partial charge on any atom is -0.480 e. The van der Waals surface area contributed by atoms with Crippen LogP contribution in [0.1, 0.15) is 46.5 Å². The molecular formula is C13H23NO4. The quantitative estimate of drug-likeness (QED) is 0.783. The van der Waals surface area contributed by atoms with Crippen LogP contribution < -0.4 is 5.32 Å². The summed E-state index contributed by atoms with van der Waals surface area (Å²) in [6, 6.07) is -0.947. The van der Waals surface area contributed by atoms with Crippen LogP contribution in [0.3, 0.4) is 0 Å². The Labute approximate surface area is 108 Å². The summed E-state index contributed by atoms with van der Waals surface area (Å²) in [5.74, 6) is -1.41. The van der Waals surface area contributed by atoms with Gasteiger partial charge in [-0.3, -0.25) is 4.79 Å². The van der Waals surface area contributed by atoms with E-state index in [4.69, 9.17) is 9.84 Å². The van der Waals surface area contributed by atoms with Gasteiger partial charge >= 0.3 is 5.97 Å². The highest BCUT2D eigenvalue weighted by Gasteiger charge is 2.28. The van der Waals surface area contributed by atoms with Crippen LogP contribution in [0.5, 0.6) is 0 Å². The highest BCUT2D eigenvalue weighted by atomic mass is 16.5. The van der Waals surface area contributed by atoms with E-state index in [0.29, 0.717) is 5.41 Å². The Bertz CT molecular complexity index is 304. The smallest absolute Gasteiger partial charge is 0.328 e. The van der Waals surface area contributed by atoms with E-state index in [2.05, 4.69) is 19.2 Å². The lowest BCUT2D eigenvalue weighted by Gasteiger charge is -2.34. The second kappa shape index (κ2) is 6.18. The molecule has 1 atom stereocenters. The molecule has 0 radical (unpaired) electrons. The van der Waals surface area contributed by atoms with Crippen molar-refractivity contribution in [2.75, 3.05) is 6.61 Å². The SMILES string of the molecule is CC(=O)NC(COC1CCC(C)(C)CC1)C(=O)O. The standard InChI is InChI=1S/C13H23NO4/c1-9(15)14-11(12(16)17)8-18-10-4-6-13(2,3)7-5-10/h10-11H,4-8H2,1-3H3,(H,14,15)(H,16,17). The molecule has 5 heteroatoms. The van der Waals surface area contributed by atoms with Crippen LogP contribution in [0, 0.1) is 5.41 Å². The molecule has 0 saturated heterocycles. The molecule has 5 nitrogen and oxygen atoms in total. The van der Waals surface area contributed by atoms with E-state index < -0.39 is 12.0 Å². The number of hydrogen-bond donors (Lipinski definition) is 2. The molecule has 0 bridgehead atoms. The molecule has 104 valence electrons. The zero-order valence-corrected chi connectivity index (χ0v) is 11.4. The van der Waals surface area contributed by atoms with Gasteiger partial charge in [-0.2, -0.15) is 0 Å². The number of aliphatic carboxylic acids is 1. The summed E-state index contributed by atoms with van der Waals surface area (Å²) in [7, 11) is 0. The summed E-state index contributed by atoms with van der Waals surface area (Å²) in [6.45, 7) is 5.82. The third-order valence-electron chi connectivity index (χ3n) is 3.46. The first-order valence-electron chi connectivity index (χ1n) is 6.42. The minimum absolute atomic E-state index is 0.0417. The van der Waals surface area contributed by atoms with Crippen LogP contribution in [0.15, 0.2) is 0 Å². The maximum absolute atomic E-state index is 10.9. The average Bonchev–Trinajstić information content (AvgIpc) is 2.25. The van der Waals surface area contributed by atoms with Crippen LogP contribution in [0.25, 0.3) is 0 Å². The van der Waals surface area contributed by atoms with Gasteiger partial charge in [0.1, 0.15) is 0 Å². The van der Waals surface area contributed by atoms with E-state index in [1.165, 1.54) is 6.92 Å². The Morgan fingerprint density at radius 2 is 1.94 bits per heavy atom. The molecule has 0 heterocycles. The molecule has 1 fully saturated rings. The predicted octanol–water partition coefficient (Wildman–Crippen LogP) is 1.56. The van der Waals surface area contributed by atoms with E-state index in [1.54, 1.807) is 0 Å². The zero-order valence-electron chi connectivity index (χ0n) is 11.4. The topological polar surface area (TPSA) is 75.6 Å². The third-order valence-corrected chi connectivity index (χ3v) is 3.46. The van der Waals surface area contributed by atoms with Gasteiger partial charge in [0.05, 0.1) is 12.7 Å². The van der Waals surface area contributed by atoms with Gasteiger partial charge in [-0.25, -0.2) is 4.79 Å². The number of ether oxygens (including phenoxy) is 1. The fourth-order valence-electron chi connectivity index (χ4n) is 2.19. The van der Waals surface area contributed by atoms with Crippen molar-refractivity contribution in [3.05, 3.63) is 0 Å². The molecule has 2 N–H and O–H groups in total.